The third-order valence-corrected chi connectivity index (χ3v) is 5.27. The molecule has 114 valence electrons. The molecule has 0 fully saturated rings. The topological polar surface area (TPSA) is 56.3 Å². The predicted octanol–water partition coefficient (Wildman–Crippen LogP) is 3.82. The molecule has 0 saturated carbocycles. The molecule has 0 spiro atoms. The fourth-order valence-electron chi connectivity index (χ4n) is 1.77. The van der Waals surface area contributed by atoms with E-state index in [4.69, 9.17) is 16.3 Å². The van der Waals surface area contributed by atoms with Crippen molar-refractivity contribution < 1.29 is 13.2 Å². The summed E-state index contributed by atoms with van der Waals surface area (Å²) in [4.78, 5) is 4.70. The summed E-state index contributed by atoms with van der Waals surface area (Å²) in [6, 6.07) is 6.41. The van der Waals surface area contributed by atoms with E-state index in [0.717, 1.165) is 17.1 Å². The fraction of sp³-hybridized carbons (Fsp3) is 0.357. The number of alkyl halides is 1. The minimum absolute atomic E-state index is 0.156. The SMILES string of the molecule is CCC(Oc1ccc(S(C)(=O)=O)cc1)c1nc(CCl)cs1. The molecule has 0 aliphatic carbocycles. The second-order valence-electron chi connectivity index (χ2n) is 4.57. The summed E-state index contributed by atoms with van der Waals surface area (Å²) in [5.74, 6) is 1.01. The highest BCUT2D eigenvalue weighted by atomic mass is 35.5. The lowest BCUT2D eigenvalue weighted by atomic mass is 10.3. The van der Waals surface area contributed by atoms with Crippen molar-refractivity contribution in [3.8, 4) is 5.75 Å². The van der Waals surface area contributed by atoms with E-state index in [1.54, 1.807) is 24.3 Å². The first-order valence-corrected chi connectivity index (χ1v) is 9.71. The molecule has 1 atom stereocenters. The molecule has 0 aliphatic heterocycles. The van der Waals surface area contributed by atoms with E-state index >= 15 is 0 Å². The smallest absolute Gasteiger partial charge is 0.175 e. The van der Waals surface area contributed by atoms with Crippen molar-refractivity contribution in [1.29, 1.82) is 0 Å². The normalized spacial score (nSPS) is 13.1. The number of thiazole rings is 1. The number of hydrogen-bond donors (Lipinski definition) is 0. The number of halogens is 1. The zero-order valence-corrected chi connectivity index (χ0v) is 14.1. The van der Waals surface area contributed by atoms with Crippen molar-refractivity contribution in [2.24, 2.45) is 0 Å². The van der Waals surface area contributed by atoms with Crippen LogP contribution in [-0.2, 0) is 15.7 Å². The standard InChI is InChI=1S/C14H16ClNO3S2/c1-3-13(14-16-10(8-15)9-20-14)19-11-4-6-12(7-5-11)21(2,17)18/h4-7,9,13H,3,8H2,1-2H3. The van der Waals surface area contributed by atoms with Crippen molar-refractivity contribution in [3.05, 3.63) is 40.3 Å². The largest absolute Gasteiger partial charge is 0.483 e. The Morgan fingerprint density at radius 3 is 2.48 bits per heavy atom. The summed E-state index contributed by atoms with van der Waals surface area (Å²) in [5, 5.41) is 2.79. The van der Waals surface area contributed by atoms with Crippen LogP contribution >= 0.6 is 22.9 Å². The Morgan fingerprint density at radius 1 is 1.33 bits per heavy atom. The van der Waals surface area contributed by atoms with Gasteiger partial charge in [-0.15, -0.1) is 22.9 Å². The molecule has 4 nitrogen and oxygen atoms in total. The van der Waals surface area contributed by atoms with Gasteiger partial charge in [0.05, 0.1) is 16.5 Å². The van der Waals surface area contributed by atoms with Gasteiger partial charge in [-0.05, 0) is 30.7 Å². The van der Waals surface area contributed by atoms with E-state index < -0.39 is 9.84 Å². The molecule has 0 amide bonds. The van der Waals surface area contributed by atoms with Crippen LogP contribution in [0.15, 0.2) is 34.5 Å². The fourth-order valence-corrected chi connectivity index (χ4v) is 3.56. The molecule has 1 aromatic heterocycles. The Labute approximate surface area is 133 Å². The molecular formula is C14H16ClNO3S2. The lowest BCUT2D eigenvalue weighted by Crippen LogP contribution is -2.06. The molecule has 0 bridgehead atoms. The van der Waals surface area contributed by atoms with Crippen molar-refractivity contribution in [3.63, 3.8) is 0 Å². The van der Waals surface area contributed by atoms with E-state index in [1.807, 2.05) is 12.3 Å². The molecule has 0 radical (unpaired) electrons. The second kappa shape index (κ2) is 6.77. The van der Waals surface area contributed by atoms with Gasteiger partial charge in [-0.1, -0.05) is 6.92 Å². The summed E-state index contributed by atoms with van der Waals surface area (Å²) in [6.45, 7) is 2.01. The second-order valence-corrected chi connectivity index (χ2v) is 7.74. The number of hydrogen-bond acceptors (Lipinski definition) is 5. The number of benzene rings is 1. The Bertz CT molecular complexity index is 695. The van der Waals surface area contributed by atoms with Crippen LogP contribution in [0.25, 0.3) is 0 Å². The molecule has 1 unspecified atom stereocenters. The average molecular weight is 346 g/mol. The lowest BCUT2D eigenvalue weighted by Gasteiger charge is -2.15. The zero-order chi connectivity index (χ0) is 15.5. The number of rotatable bonds is 6. The summed E-state index contributed by atoms with van der Waals surface area (Å²) < 4.78 is 28.7. The maximum absolute atomic E-state index is 11.4. The summed E-state index contributed by atoms with van der Waals surface area (Å²) in [6.07, 6.45) is 1.79. The average Bonchev–Trinajstić information content (AvgIpc) is 2.93. The van der Waals surface area contributed by atoms with E-state index in [2.05, 4.69) is 4.98 Å². The van der Waals surface area contributed by atoms with Gasteiger partial charge in [-0.3, -0.25) is 0 Å². The lowest BCUT2D eigenvalue weighted by molar-refractivity contribution is 0.200. The van der Waals surface area contributed by atoms with Crippen LogP contribution in [0.2, 0.25) is 0 Å². The third-order valence-electron chi connectivity index (χ3n) is 2.88. The number of sulfone groups is 1. The molecule has 7 heteroatoms. The molecule has 0 aliphatic rings. The van der Waals surface area contributed by atoms with Gasteiger partial charge < -0.3 is 4.74 Å². The van der Waals surface area contributed by atoms with Crippen molar-refractivity contribution >= 4 is 32.8 Å². The van der Waals surface area contributed by atoms with Crippen LogP contribution in [0.5, 0.6) is 5.75 Å². The van der Waals surface area contributed by atoms with Crippen LogP contribution in [0.3, 0.4) is 0 Å². The molecule has 1 heterocycles. The maximum atomic E-state index is 11.4. The Kier molecular flexibility index (Phi) is 5.24. The van der Waals surface area contributed by atoms with E-state index in [-0.39, 0.29) is 11.0 Å². The minimum atomic E-state index is -3.19. The molecule has 0 saturated heterocycles. The summed E-state index contributed by atoms with van der Waals surface area (Å²) in [7, 11) is -3.19. The number of nitrogens with zero attached hydrogens (tertiary/aromatic N) is 1. The minimum Gasteiger partial charge on any atom is -0.483 e. The zero-order valence-electron chi connectivity index (χ0n) is 11.7. The van der Waals surface area contributed by atoms with Crippen LogP contribution in [0, 0.1) is 0 Å². The first-order chi connectivity index (χ1) is 9.94. The predicted molar refractivity (Wildman–Crippen MR) is 84.9 cm³/mol. The van der Waals surface area contributed by atoms with Gasteiger partial charge in [-0.25, -0.2) is 13.4 Å². The summed E-state index contributed by atoms with van der Waals surface area (Å²) in [5.41, 5.74) is 0.839. The first kappa shape index (κ1) is 16.3. The van der Waals surface area contributed by atoms with Crippen LogP contribution in [-0.4, -0.2) is 19.7 Å². The van der Waals surface area contributed by atoms with E-state index in [1.165, 1.54) is 17.6 Å². The highest BCUT2D eigenvalue weighted by Gasteiger charge is 2.16. The Morgan fingerprint density at radius 2 is 2.00 bits per heavy atom. The monoisotopic (exact) mass is 345 g/mol. The first-order valence-electron chi connectivity index (χ1n) is 6.41. The van der Waals surface area contributed by atoms with Crippen LogP contribution in [0.4, 0.5) is 0 Å². The molecule has 1 aromatic carbocycles. The third kappa shape index (κ3) is 4.18. The van der Waals surface area contributed by atoms with Gasteiger partial charge in [0.2, 0.25) is 0 Å². The summed E-state index contributed by atoms with van der Waals surface area (Å²) >= 11 is 7.27. The highest BCUT2D eigenvalue weighted by molar-refractivity contribution is 7.90. The Balaban J connectivity index is 2.15. The van der Waals surface area contributed by atoms with E-state index in [9.17, 15) is 8.42 Å². The molecular weight excluding hydrogens is 330 g/mol. The Hall–Kier alpha value is -1.11. The molecule has 0 N–H and O–H groups in total. The van der Waals surface area contributed by atoms with Gasteiger partial charge in [0.25, 0.3) is 0 Å². The van der Waals surface area contributed by atoms with Crippen LogP contribution < -0.4 is 4.74 Å². The van der Waals surface area contributed by atoms with Crippen molar-refractivity contribution in [2.45, 2.75) is 30.2 Å². The van der Waals surface area contributed by atoms with Gasteiger partial charge in [-0.2, -0.15) is 0 Å². The van der Waals surface area contributed by atoms with Crippen molar-refractivity contribution in [1.82, 2.24) is 4.98 Å². The maximum Gasteiger partial charge on any atom is 0.175 e. The van der Waals surface area contributed by atoms with Gasteiger partial charge in [0.15, 0.2) is 9.84 Å². The molecule has 2 aromatic rings. The molecule has 2 rings (SSSR count). The molecule has 21 heavy (non-hydrogen) atoms. The quantitative estimate of drug-likeness (QED) is 0.747. The number of aromatic nitrogens is 1. The van der Waals surface area contributed by atoms with Gasteiger partial charge >= 0.3 is 0 Å². The van der Waals surface area contributed by atoms with Crippen molar-refractivity contribution in [2.75, 3.05) is 6.26 Å². The van der Waals surface area contributed by atoms with Gasteiger partial charge in [0.1, 0.15) is 16.9 Å². The van der Waals surface area contributed by atoms with Crippen LogP contribution in [0.1, 0.15) is 30.2 Å². The van der Waals surface area contributed by atoms with E-state index in [0.29, 0.717) is 11.6 Å². The number of ether oxygens (including phenoxy) is 1. The highest BCUT2D eigenvalue weighted by Crippen LogP contribution is 2.28. The van der Waals surface area contributed by atoms with Gasteiger partial charge in [0, 0.05) is 11.6 Å².